The van der Waals surface area contributed by atoms with Crippen LogP contribution in [-0.2, 0) is 11.3 Å². The Morgan fingerprint density at radius 1 is 1.35 bits per heavy atom. The van der Waals surface area contributed by atoms with Crippen LogP contribution in [-0.4, -0.2) is 39.5 Å². The van der Waals surface area contributed by atoms with Gasteiger partial charge in [0.2, 0.25) is 17.6 Å². The molecule has 0 spiro atoms. The maximum absolute atomic E-state index is 12.1. The number of amides is 1. The minimum atomic E-state index is -0.183. The zero-order valence-electron chi connectivity index (χ0n) is 13.8. The number of hydrogen-bond acceptors (Lipinski definition) is 6. The molecule has 134 valence electrons. The summed E-state index contributed by atoms with van der Waals surface area (Å²) in [5.41, 5.74) is 0.772. The zero-order chi connectivity index (χ0) is 18.5. The highest BCUT2D eigenvalue weighted by molar-refractivity contribution is 9.10. The van der Waals surface area contributed by atoms with Gasteiger partial charge in [0.15, 0.2) is 0 Å². The molecule has 0 aliphatic heterocycles. The van der Waals surface area contributed by atoms with Crippen molar-refractivity contribution in [3.05, 3.63) is 58.0 Å². The first-order valence-corrected chi connectivity index (χ1v) is 8.85. The van der Waals surface area contributed by atoms with Crippen LogP contribution < -0.4 is 5.32 Å². The molecule has 1 aromatic carbocycles. The van der Waals surface area contributed by atoms with Gasteiger partial charge in [0.25, 0.3) is 0 Å². The van der Waals surface area contributed by atoms with Crippen molar-refractivity contribution in [2.45, 2.75) is 6.54 Å². The van der Waals surface area contributed by atoms with Crippen molar-refractivity contribution in [3.8, 4) is 11.4 Å². The van der Waals surface area contributed by atoms with Crippen molar-refractivity contribution in [1.82, 2.24) is 20.0 Å². The Bertz CT molecular complexity index is 900. The van der Waals surface area contributed by atoms with Crippen LogP contribution >= 0.6 is 27.5 Å². The Labute approximate surface area is 163 Å². The van der Waals surface area contributed by atoms with E-state index in [4.69, 9.17) is 16.1 Å². The van der Waals surface area contributed by atoms with E-state index >= 15 is 0 Å². The molecule has 9 heteroatoms. The van der Waals surface area contributed by atoms with Crippen molar-refractivity contribution in [3.63, 3.8) is 0 Å². The van der Waals surface area contributed by atoms with Gasteiger partial charge in [-0.05, 0) is 47.2 Å². The van der Waals surface area contributed by atoms with Gasteiger partial charge in [-0.15, -0.1) is 0 Å². The second kappa shape index (κ2) is 8.39. The van der Waals surface area contributed by atoms with Gasteiger partial charge in [0.1, 0.15) is 5.82 Å². The highest BCUT2D eigenvalue weighted by Crippen LogP contribution is 2.20. The van der Waals surface area contributed by atoms with E-state index in [-0.39, 0.29) is 12.5 Å². The fraction of sp³-hybridized carbons (Fsp3) is 0.176. The topological polar surface area (TPSA) is 84.2 Å². The molecular weight excluding hydrogens is 422 g/mol. The number of pyridine rings is 1. The lowest BCUT2D eigenvalue weighted by Gasteiger charge is -2.13. The molecule has 0 saturated carbocycles. The first kappa shape index (κ1) is 18.5. The number of hydrogen-bond donors (Lipinski definition) is 1. The molecule has 0 radical (unpaired) electrons. The van der Waals surface area contributed by atoms with E-state index in [1.165, 1.54) is 0 Å². The molecule has 26 heavy (non-hydrogen) atoms. The zero-order valence-corrected chi connectivity index (χ0v) is 16.2. The lowest BCUT2D eigenvalue weighted by Crippen LogP contribution is -2.30. The smallest absolute Gasteiger partial charge is 0.241 e. The number of carbonyl (C=O) groups is 1. The Balaban J connectivity index is 1.55. The summed E-state index contributed by atoms with van der Waals surface area (Å²) in [5, 5.41) is 7.28. The van der Waals surface area contributed by atoms with Gasteiger partial charge >= 0.3 is 0 Å². The molecule has 2 aromatic heterocycles. The van der Waals surface area contributed by atoms with Crippen molar-refractivity contribution < 1.29 is 9.32 Å². The van der Waals surface area contributed by atoms with Crippen LogP contribution in [0, 0.1) is 0 Å². The van der Waals surface area contributed by atoms with E-state index in [2.05, 4.69) is 36.4 Å². The quantitative estimate of drug-likeness (QED) is 0.635. The molecule has 0 atom stereocenters. The van der Waals surface area contributed by atoms with E-state index in [1.54, 1.807) is 36.3 Å². The molecule has 1 amide bonds. The predicted octanol–water partition coefficient (Wildman–Crippen LogP) is 3.62. The van der Waals surface area contributed by atoms with Crippen LogP contribution in [0.2, 0.25) is 5.02 Å². The van der Waals surface area contributed by atoms with Crippen LogP contribution in [0.3, 0.4) is 0 Å². The number of halogens is 2. The molecule has 0 aliphatic rings. The number of nitrogens with zero attached hydrogens (tertiary/aromatic N) is 4. The molecule has 3 rings (SSSR count). The lowest BCUT2D eigenvalue weighted by atomic mass is 10.2. The average Bonchev–Trinajstić information content (AvgIpc) is 3.05. The average molecular weight is 437 g/mol. The summed E-state index contributed by atoms with van der Waals surface area (Å²) in [5.74, 6) is 1.18. The molecule has 0 saturated heterocycles. The number of benzene rings is 1. The van der Waals surface area contributed by atoms with Gasteiger partial charge in [0.05, 0.1) is 13.1 Å². The first-order valence-electron chi connectivity index (χ1n) is 7.68. The van der Waals surface area contributed by atoms with E-state index in [0.717, 1.165) is 10.0 Å². The summed E-state index contributed by atoms with van der Waals surface area (Å²) in [7, 11) is 1.79. The molecule has 7 nitrogen and oxygen atoms in total. The molecule has 0 fully saturated rings. The number of nitrogens with one attached hydrogen (secondary N) is 1. The monoisotopic (exact) mass is 435 g/mol. The van der Waals surface area contributed by atoms with E-state index < -0.39 is 0 Å². The fourth-order valence-corrected chi connectivity index (χ4v) is 2.65. The predicted molar refractivity (Wildman–Crippen MR) is 102 cm³/mol. The summed E-state index contributed by atoms with van der Waals surface area (Å²) < 4.78 is 6.09. The molecule has 2 heterocycles. The van der Waals surface area contributed by atoms with Crippen molar-refractivity contribution >= 4 is 39.3 Å². The molecular formula is C17H15BrClN5O2. The molecule has 0 unspecified atom stereocenters. The standard InChI is InChI=1S/C17H15BrClN5O2/c1-24(9-15(25)21-14-6-5-12(18)8-20-14)10-16-22-17(23-26-16)11-3-2-4-13(19)7-11/h2-8H,9-10H2,1H3,(H,20,21,25). The third kappa shape index (κ3) is 5.10. The lowest BCUT2D eigenvalue weighted by molar-refractivity contribution is -0.117. The van der Waals surface area contributed by atoms with Gasteiger partial charge in [-0.25, -0.2) is 4.98 Å². The number of anilines is 1. The van der Waals surface area contributed by atoms with Crippen LogP contribution in [0.1, 0.15) is 5.89 Å². The van der Waals surface area contributed by atoms with Crippen molar-refractivity contribution in [2.75, 3.05) is 18.9 Å². The highest BCUT2D eigenvalue weighted by Gasteiger charge is 2.13. The normalized spacial score (nSPS) is 10.9. The Hall–Kier alpha value is -2.29. The number of likely N-dealkylation sites (N-methyl/N-ethyl adjacent to an activating group) is 1. The van der Waals surface area contributed by atoms with Gasteiger partial charge in [-0.3, -0.25) is 9.69 Å². The first-order chi connectivity index (χ1) is 12.5. The van der Waals surface area contributed by atoms with Gasteiger partial charge in [-0.2, -0.15) is 4.98 Å². The molecule has 0 aliphatic carbocycles. The SMILES string of the molecule is CN(CC(=O)Nc1ccc(Br)cn1)Cc1nc(-c2cccc(Cl)c2)no1. The number of rotatable bonds is 6. The molecule has 0 bridgehead atoms. The maximum Gasteiger partial charge on any atom is 0.241 e. The summed E-state index contributed by atoms with van der Waals surface area (Å²) >= 11 is 9.27. The van der Waals surface area contributed by atoms with Crippen LogP contribution in [0.5, 0.6) is 0 Å². The van der Waals surface area contributed by atoms with Crippen molar-refractivity contribution in [1.29, 1.82) is 0 Å². The largest absolute Gasteiger partial charge is 0.338 e. The summed E-state index contributed by atoms with van der Waals surface area (Å²) in [6.07, 6.45) is 1.62. The van der Waals surface area contributed by atoms with E-state index in [9.17, 15) is 4.79 Å². The Kier molecular flexibility index (Phi) is 5.97. The fourth-order valence-electron chi connectivity index (χ4n) is 2.23. The molecule has 1 N–H and O–H groups in total. The van der Waals surface area contributed by atoms with Crippen LogP contribution in [0.25, 0.3) is 11.4 Å². The third-order valence-corrected chi connectivity index (χ3v) is 4.07. The minimum absolute atomic E-state index is 0.159. The van der Waals surface area contributed by atoms with Gasteiger partial charge in [-0.1, -0.05) is 28.9 Å². The second-order valence-corrected chi connectivity index (χ2v) is 6.96. The van der Waals surface area contributed by atoms with Crippen LogP contribution in [0.15, 0.2) is 51.6 Å². The van der Waals surface area contributed by atoms with Crippen LogP contribution in [0.4, 0.5) is 5.82 Å². The Morgan fingerprint density at radius 3 is 2.92 bits per heavy atom. The number of aromatic nitrogens is 3. The summed E-state index contributed by atoms with van der Waals surface area (Å²) in [4.78, 5) is 22.3. The second-order valence-electron chi connectivity index (χ2n) is 5.60. The minimum Gasteiger partial charge on any atom is -0.338 e. The Morgan fingerprint density at radius 2 is 2.19 bits per heavy atom. The van der Waals surface area contributed by atoms with Gasteiger partial charge in [0, 0.05) is 21.3 Å². The third-order valence-electron chi connectivity index (χ3n) is 3.36. The number of carbonyl (C=O) groups excluding carboxylic acids is 1. The summed E-state index contributed by atoms with van der Waals surface area (Å²) in [6.45, 7) is 0.501. The molecule has 3 aromatic rings. The highest BCUT2D eigenvalue weighted by atomic mass is 79.9. The van der Waals surface area contributed by atoms with E-state index in [1.807, 2.05) is 18.2 Å². The van der Waals surface area contributed by atoms with E-state index in [0.29, 0.717) is 29.1 Å². The summed E-state index contributed by atoms with van der Waals surface area (Å²) in [6, 6.07) is 10.7. The van der Waals surface area contributed by atoms with Crippen molar-refractivity contribution in [2.24, 2.45) is 0 Å². The van der Waals surface area contributed by atoms with Gasteiger partial charge < -0.3 is 9.84 Å². The maximum atomic E-state index is 12.1.